The molecule has 0 bridgehead atoms. The first-order valence-electron chi connectivity index (χ1n) is 6.56. The van der Waals surface area contributed by atoms with Gasteiger partial charge in [-0.05, 0) is 33.1 Å². The largest absolute Gasteiger partial charge is 0.370 e. The van der Waals surface area contributed by atoms with E-state index in [1.165, 1.54) is 18.4 Å². The Kier molecular flexibility index (Phi) is 3.82. The minimum Gasteiger partial charge on any atom is -0.370 e. The fourth-order valence-corrected chi connectivity index (χ4v) is 2.27. The second-order valence-corrected chi connectivity index (χ2v) is 4.69. The Morgan fingerprint density at radius 3 is 2.53 bits per heavy atom. The Morgan fingerprint density at radius 1 is 1.18 bits per heavy atom. The topological polar surface area (TPSA) is 41.1 Å². The number of rotatable bonds is 4. The summed E-state index contributed by atoms with van der Waals surface area (Å²) >= 11 is 0. The molecule has 0 atom stereocenters. The predicted octanol–water partition coefficient (Wildman–Crippen LogP) is 2.52. The van der Waals surface area contributed by atoms with Crippen molar-refractivity contribution in [3.8, 4) is 0 Å². The average molecular weight is 234 g/mol. The molecule has 0 saturated carbocycles. The Labute approximate surface area is 103 Å². The van der Waals surface area contributed by atoms with E-state index in [2.05, 4.69) is 34.0 Å². The maximum Gasteiger partial charge on any atom is 0.137 e. The normalized spacial score (nSPS) is 15.4. The van der Waals surface area contributed by atoms with Gasteiger partial charge >= 0.3 is 0 Å². The summed E-state index contributed by atoms with van der Waals surface area (Å²) in [6.45, 7) is 9.48. The Balaban J connectivity index is 2.27. The van der Waals surface area contributed by atoms with Crippen LogP contribution in [-0.2, 0) is 0 Å². The van der Waals surface area contributed by atoms with E-state index in [1.54, 1.807) is 0 Å². The lowest BCUT2D eigenvalue weighted by Gasteiger charge is -2.21. The fraction of sp³-hybridized carbons (Fsp3) is 0.692. The second-order valence-electron chi connectivity index (χ2n) is 4.69. The van der Waals surface area contributed by atoms with Crippen molar-refractivity contribution < 1.29 is 0 Å². The summed E-state index contributed by atoms with van der Waals surface area (Å²) in [5, 5.41) is 3.39. The van der Waals surface area contributed by atoms with Gasteiger partial charge in [0.15, 0.2) is 0 Å². The van der Waals surface area contributed by atoms with Crippen molar-refractivity contribution in [2.45, 2.75) is 40.0 Å². The van der Waals surface area contributed by atoms with Crippen LogP contribution in [0.5, 0.6) is 0 Å². The van der Waals surface area contributed by atoms with Gasteiger partial charge in [0.25, 0.3) is 0 Å². The Morgan fingerprint density at radius 2 is 1.88 bits per heavy atom. The average Bonchev–Trinajstić information content (AvgIpc) is 2.83. The molecule has 1 aliphatic rings. The van der Waals surface area contributed by atoms with Gasteiger partial charge in [-0.15, -0.1) is 0 Å². The maximum absolute atomic E-state index is 4.60. The third-order valence-corrected chi connectivity index (χ3v) is 3.18. The highest BCUT2D eigenvalue weighted by molar-refractivity contribution is 5.59. The molecule has 0 spiro atoms. The van der Waals surface area contributed by atoms with Crippen molar-refractivity contribution in [2.75, 3.05) is 29.9 Å². The molecule has 0 radical (unpaired) electrons. The molecule has 4 nitrogen and oxygen atoms in total. The first kappa shape index (κ1) is 12.1. The van der Waals surface area contributed by atoms with E-state index in [0.29, 0.717) is 0 Å². The van der Waals surface area contributed by atoms with E-state index in [9.17, 15) is 0 Å². The fourth-order valence-electron chi connectivity index (χ4n) is 2.27. The van der Waals surface area contributed by atoms with Crippen LogP contribution in [0.15, 0.2) is 0 Å². The zero-order valence-corrected chi connectivity index (χ0v) is 11.1. The molecule has 1 aromatic heterocycles. The van der Waals surface area contributed by atoms with Gasteiger partial charge in [0, 0.05) is 25.2 Å². The minimum atomic E-state index is 0.858. The highest BCUT2D eigenvalue weighted by atomic mass is 15.2. The molecule has 2 rings (SSSR count). The first-order valence-corrected chi connectivity index (χ1v) is 6.56. The number of aromatic nitrogens is 2. The third-order valence-electron chi connectivity index (χ3n) is 3.18. The lowest BCUT2D eigenvalue weighted by molar-refractivity contribution is 0.889. The van der Waals surface area contributed by atoms with Gasteiger partial charge in [0.2, 0.25) is 0 Å². The predicted molar refractivity (Wildman–Crippen MR) is 71.7 cm³/mol. The van der Waals surface area contributed by atoms with E-state index >= 15 is 0 Å². The van der Waals surface area contributed by atoms with Crippen molar-refractivity contribution in [3.63, 3.8) is 0 Å². The summed E-state index contributed by atoms with van der Waals surface area (Å²) in [6, 6.07) is 0. The molecule has 0 aromatic carbocycles. The summed E-state index contributed by atoms with van der Waals surface area (Å²) < 4.78 is 0. The molecule has 1 aliphatic heterocycles. The first-order chi connectivity index (χ1) is 8.22. The van der Waals surface area contributed by atoms with E-state index in [1.807, 2.05) is 6.92 Å². The van der Waals surface area contributed by atoms with Gasteiger partial charge in [-0.1, -0.05) is 6.92 Å². The van der Waals surface area contributed by atoms with Crippen LogP contribution in [0.4, 0.5) is 11.6 Å². The number of aryl methyl sites for hydroxylation is 1. The molecular weight excluding hydrogens is 212 g/mol. The van der Waals surface area contributed by atoms with Crippen LogP contribution in [0.2, 0.25) is 0 Å². The van der Waals surface area contributed by atoms with Crippen LogP contribution in [0.3, 0.4) is 0 Å². The molecule has 0 amide bonds. The van der Waals surface area contributed by atoms with Crippen molar-refractivity contribution >= 4 is 11.6 Å². The molecule has 2 heterocycles. The lowest BCUT2D eigenvalue weighted by Crippen LogP contribution is -2.22. The number of anilines is 2. The zero-order valence-electron chi connectivity index (χ0n) is 11.1. The Hall–Kier alpha value is -1.32. The van der Waals surface area contributed by atoms with Crippen molar-refractivity contribution in [1.82, 2.24) is 9.97 Å². The van der Waals surface area contributed by atoms with Crippen molar-refractivity contribution in [1.29, 1.82) is 0 Å². The number of nitrogens with zero attached hydrogens (tertiary/aromatic N) is 3. The van der Waals surface area contributed by atoms with E-state index in [-0.39, 0.29) is 0 Å². The van der Waals surface area contributed by atoms with Gasteiger partial charge in [0.1, 0.15) is 17.5 Å². The van der Waals surface area contributed by atoms with Crippen LogP contribution < -0.4 is 10.2 Å². The minimum absolute atomic E-state index is 0.858. The van der Waals surface area contributed by atoms with Crippen LogP contribution in [0.1, 0.15) is 37.6 Å². The highest BCUT2D eigenvalue weighted by Crippen LogP contribution is 2.26. The Bertz CT molecular complexity index is 383. The highest BCUT2D eigenvalue weighted by Gasteiger charge is 2.18. The summed E-state index contributed by atoms with van der Waals surface area (Å²) in [5.41, 5.74) is 1.19. The van der Waals surface area contributed by atoms with Gasteiger partial charge in [0.05, 0.1) is 0 Å². The summed E-state index contributed by atoms with van der Waals surface area (Å²) in [7, 11) is 0. The third kappa shape index (κ3) is 2.68. The van der Waals surface area contributed by atoms with Gasteiger partial charge in [-0.3, -0.25) is 0 Å². The summed E-state index contributed by atoms with van der Waals surface area (Å²) in [4.78, 5) is 11.5. The van der Waals surface area contributed by atoms with Gasteiger partial charge < -0.3 is 10.2 Å². The molecule has 0 aliphatic carbocycles. The molecule has 17 heavy (non-hydrogen) atoms. The van der Waals surface area contributed by atoms with Crippen LogP contribution in [0.25, 0.3) is 0 Å². The molecule has 94 valence electrons. The monoisotopic (exact) mass is 234 g/mol. The smallest absolute Gasteiger partial charge is 0.137 e. The van der Waals surface area contributed by atoms with Crippen molar-refractivity contribution in [2.24, 2.45) is 0 Å². The number of nitrogens with one attached hydrogen (secondary N) is 1. The van der Waals surface area contributed by atoms with E-state index < -0.39 is 0 Å². The van der Waals surface area contributed by atoms with E-state index in [4.69, 9.17) is 0 Å². The molecule has 1 saturated heterocycles. The summed E-state index contributed by atoms with van der Waals surface area (Å²) in [6.07, 6.45) is 3.67. The van der Waals surface area contributed by atoms with Crippen LogP contribution in [-0.4, -0.2) is 29.6 Å². The second kappa shape index (κ2) is 5.34. The maximum atomic E-state index is 4.60. The van der Waals surface area contributed by atoms with E-state index in [0.717, 1.165) is 43.5 Å². The lowest BCUT2D eigenvalue weighted by atomic mass is 10.2. The molecule has 4 heteroatoms. The molecule has 1 fully saturated rings. The SMILES string of the molecule is CCCNc1nc(C)nc(N2CCCC2)c1C. The number of hydrogen-bond acceptors (Lipinski definition) is 4. The van der Waals surface area contributed by atoms with Crippen LogP contribution in [0, 0.1) is 13.8 Å². The van der Waals surface area contributed by atoms with Gasteiger partial charge in [-0.25, -0.2) is 9.97 Å². The molecule has 1 N–H and O–H groups in total. The number of hydrogen-bond donors (Lipinski definition) is 1. The summed E-state index contributed by atoms with van der Waals surface area (Å²) in [5.74, 6) is 2.98. The molecular formula is C13H22N4. The van der Waals surface area contributed by atoms with Gasteiger partial charge in [-0.2, -0.15) is 0 Å². The van der Waals surface area contributed by atoms with Crippen molar-refractivity contribution in [3.05, 3.63) is 11.4 Å². The standard InChI is InChI=1S/C13H22N4/c1-4-7-14-12-10(2)13(16-11(3)15-12)17-8-5-6-9-17/h4-9H2,1-3H3,(H,14,15,16). The quantitative estimate of drug-likeness (QED) is 0.869. The zero-order chi connectivity index (χ0) is 12.3. The molecule has 1 aromatic rings. The van der Waals surface area contributed by atoms with Crippen LogP contribution >= 0.6 is 0 Å². The molecule has 0 unspecified atom stereocenters.